The molecule has 1 aromatic carbocycles. The maximum atomic E-state index is 12.3. The summed E-state index contributed by atoms with van der Waals surface area (Å²) in [6.07, 6.45) is 0.339. The van der Waals surface area contributed by atoms with Crippen LogP contribution in [0, 0.1) is 5.92 Å². The normalized spacial score (nSPS) is 29.7. The Balaban J connectivity index is 2.07. The molecule has 4 nitrogen and oxygen atoms in total. The number of carbonyl (C=O) groups is 2. The van der Waals surface area contributed by atoms with Crippen molar-refractivity contribution in [1.29, 1.82) is 0 Å². The molecule has 1 unspecified atom stereocenters. The van der Waals surface area contributed by atoms with Gasteiger partial charge in [0.25, 0.3) is 5.91 Å². The number of hydrogen-bond donors (Lipinski definition) is 1. The number of carbonyl (C=O) groups excluding carboxylic acids is 2. The molecule has 0 bridgehead atoms. The Kier molecular flexibility index (Phi) is 2.71. The first-order valence-electron chi connectivity index (χ1n) is 6.63. The van der Waals surface area contributed by atoms with E-state index in [0.717, 1.165) is 11.3 Å². The molecule has 1 N–H and O–H groups in total. The van der Waals surface area contributed by atoms with Crippen LogP contribution >= 0.6 is 0 Å². The number of hydrogen-bond acceptors (Lipinski definition) is 3. The van der Waals surface area contributed by atoms with Gasteiger partial charge in [0.2, 0.25) is 0 Å². The highest BCUT2D eigenvalue weighted by Gasteiger charge is 2.53. The van der Waals surface area contributed by atoms with E-state index in [1.165, 1.54) is 0 Å². The van der Waals surface area contributed by atoms with Gasteiger partial charge >= 0.3 is 0 Å². The zero-order valence-corrected chi connectivity index (χ0v) is 11.1. The van der Waals surface area contributed by atoms with E-state index in [0.29, 0.717) is 6.42 Å². The molecular formula is C15H17NO3. The minimum atomic E-state index is -1.11. The van der Waals surface area contributed by atoms with E-state index >= 15 is 0 Å². The second kappa shape index (κ2) is 4.17. The molecule has 1 fully saturated rings. The van der Waals surface area contributed by atoms with Gasteiger partial charge in [0, 0.05) is 24.1 Å². The van der Waals surface area contributed by atoms with Gasteiger partial charge in [0.05, 0.1) is 6.10 Å². The Morgan fingerprint density at radius 3 is 2.79 bits per heavy atom. The third-order valence-electron chi connectivity index (χ3n) is 3.95. The molecule has 2 heterocycles. The first-order chi connectivity index (χ1) is 9.03. The van der Waals surface area contributed by atoms with Crippen molar-refractivity contribution in [1.82, 2.24) is 0 Å². The third kappa shape index (κ3) is 1.78. The highest BCUT2D eigenvalue weighted by atomic mass is 16.5. The van der Waals surface area contributed by atoms with Crippen molar-refractivity contribution in [2.75, 3.05) is 5.32 Å². The zero-order chi connectivity index (χ0) is 13.6. The minimum absolute atomic E-state index is 0.0943. The molecule has 1 amide bonds. The van der Waals surface area contributed by atoms with Crippen LogP contribution in [0.2, 0.25) is 0 Å². The first-order valence-corrected chi connectivity index (χ1v) is 6.63. The van der Waals surface area contributed by atoms with Crippen LogP contribution in [0.3, 0.4) is 0 Å². The molecule has 0 aromatic heterocycles. The summed E-state index contributed by atoms with van der Waals surface area (Å²) in [7, 11) is 0. The number of rotatable bonds is 1. The lowest BCUT2D eigenvalue weighted by atomic mass is 9.83. The maximum Gasteiger partial charge on any atom is 0.261 e. The molecule has 100 valence electrons. The molecule has 1 spiro atoms. The molecule has 19 heavy (non-hydrogen) atoms. The van der Waals surface area contributed by atoms with Crippen LogP contribution in [0.5, 0.6) is 0 Å². The van der Waals surface area contributed by atoms with E-state index in [-0.39, 0.29) is 30.1 Å². The van der Waals surface area contributed by atoms with Crippen molar-refractivity contribution < 1.29 is 14.3 Å². The fraction of sp³-hybridized carbons (Fsp3) is 0.467. The average molecular weight is 259 g/mol. The summed E-state index contributed by atoms with van der Waals surface area (Å²) >= 11 is 0. The van der Waals surface area contributed by atoms with Gasteiger partial charge in [0.15, 0.2) is 5.60 Å². The van der Waals surface area contributed by atoms with E-state index in [4.69, 9.17) is 4.74 Å². The zero-order valence-electron chi connectivity index (χ0n) is 11.1. The maximum absolute atomic E-state index is 12.3. The van der Waals surface area contributed by atoms with E-state index in [9.17, 15) is 9.59 Å². The summed E-state index contributed by atoms with van der Waals surface area (Å²) < 4.78 is 6.07. The highest BCUT2D eigenvalue weighted by Crippen LogP contribution is 2.45. The van der Waals surface area contributed by atoms with Gasteiger partial charge in [-0.2, -0.15) is 0 Å². The number of nitrogens with one attached hydrogen (secondary N) is 1. The van der Waals surface area contributed by atoms with Gasteiger partial charge < -0.3 is 10.1 Å². The van der Waals surface area contributed by atoms with Crippen LogP contribution in [-0.4, -0.2) is 17.8 Å². The fourth-order valence-electron chi connectivity index (χ4n) is 2.87. The number of ketones is 1. The van der Waals surface area contributed by atoms with Crippen molar-refractivity contribution in [3.8, 4) is 0 Å². The molecule has 0 saturated carbocycles. The highest BCUT2D eigenvalue weighted by molar-refractivity contribution is 6.07. The minimum Gasteiger partial charge on any atom is -0.356 e. The quantitative estimate of drug-likeness (QED) is 0.841. The third-order valence-corrected chi connectivity index (χ3v) is 3.95. The predicted molar refractivity (Wildman–Crippen MR) is 70.7 cm³/mol. The second-order valence-electron chi connectivity index (χ2n) is 5.65. The van der Waals surface area contributed by atoms with Crippen molar-refractivity contribution in [3.05, 3.63) is 29.8 Å². The van der Waals surface area contributed by atoms with Crippen molar-refractivity contribution >= 4 is 17.4 Å². The first kappa shape index (κ1) is 12.4. The lowest BCUT2D eigenvalue weighted by molar-refractivity contribution is -0.174. The number of ether oxygens (including phenoxy) is 1. The summed E-state index contributed by atoms with van der Waals surface area (Å²) in [5.41, 5.74) is 0.435. The molecule has 2 atom stereocenters. The van der Waals surface area contributed by atoms with Gasteiger partial charge in [-0.15, -0.1) is 0 Å². The topological polar surface area (TPSA) is 55.4 Å². The number of para-hydroxylation sites is 1. The molecule has 0 aliphatic carbocycles. The van der Waals surface area contributed by atoms with Gasteiger partial charge in [-0.3, -0.25) is 9.59 Å². The predicted octanol–water partition coefficient (Wildman–Crippen LogP) is 2.24. The van der Waals surface area contributed by atoms with Crippen LogP contribution in [0.15, 0.2) is 24.3 Å². The van der Waals surface area contributed by atoms with Gasteiger partial charge in [-0.25, -0.2) is 0 Å². The number of benzene rings is 1. The van der Waals surface area contributed by atoms with Crippen LogP contribution in [0.25, 0.3) is 0 Å². The average Bonchev–Trinajstić information content (AvgIpc) is 2.62. The Bertz CT molecular complexity index is 552. The molecule has 3 rings (SSSR count). The van der Waals surface area contributed by atoms with Crippen LogP contribution in [0.1, 0.15) is 32.3 Å². The van der Waals surface area contributed by atoms with Gasteiger partial charge in [0.1, 0.15) is 5.78 Å². The summed E-state index contributed by atoms with van der Waals surface area (Å²) in [5.74, 6) is 0.0888. The van der Waals surface area contributed by atoms with Crippen LogP contribution < -0.4 is 5.32 Å². The van der Waals surface area contributed by atoms with Crippen LogP contribution in [0.4, 0.5) is 5.69 Å². The van der Waals surface area contributed by atoms with E-state index < -0.39 is 5.60 Å². The SMILES string of the molecule is CC(C)[C@@H]1CC(=O)CC2(O1)C(=O)Nc1ccccc12. The van der Waals surface area contributed by atoms with Crippen molar-refractivity contribution in [2.45, 2.75) is 38.4 Å². The smallest absolute Gasteiger partial charge is 0.261 e. The fourth-order valence-corrected chi connectivity index (χ4v) is 2.87. The summed E-state index contributed by atoms with van der Waals surface area (Å²) in [6, 6.07) is 7.44. The Morgan fingerprint density at radius 2 is 2.05 bits per heavy atom. The van der Waals surface area contributed by atoms with E-state index in [1.807, 2.05) is 38.1 Å². The van der Waals surface area contributed by atoms with Gasteiger partial charge in [-0.1, -0.05) is 32.0 Å². The largest absolute Gasteiger partial charge is 0.356 e. The van der Waals surface area contributed by atoms with Crippen molar-refractivity contribution in [3.63, 3.8) is 0 Å². The summed E-state index contributed by atoms with van der Waals surface area (Å²) in [4.78, 5) is 24.4. The Labute approximate surface area is 112 Å². The van der Waals surface area contributed by atoms with E-state index in [1.54, 1.807) is 0 Å². The molecule has 1 aromatic rings. The molecule has 0 radical (unpaired) electrons. The number of amides is 1. The number of fused-ring (bicyclic) bond motifs is 2. The van der Waals surface area contributed by atoms with Crippen LogP contribution in [-0.2, 0) is 19.9 Å². The molecule has 4 heteroatoms. The van der Waals surface area contributed by atoms with E-state index in [2.05, 4.69) is 5.32 Å². The standard InChI is InChI=1S/C15H17NO3/c1-9(2)13-7-10(17)8-15(19-13)11-5-3-4-6-12(11)16-14(15)18/h3-6,9,13H,7-8H2,1-2H3,(H,16,18)/t13-,15?/m0/s1. The lowest BCUT2D eigenvalue weighted by Crippen LogP contribution is -2.48. The Hall–Kier alpha value is -1.68. The monoisotopic (exact) mass is 259 g/mol. The number of Topliss-reactive ketones (excluding diaryl/α,β-unsaturated/α-hetero) is 1. The molecule has 2 aliphatic rings. The molecule has 2 aliphatic heterocycles. The van der Waals surface area contributed by atoms with Gasteiger partial charge in [-0.05, 0) is 12.0 Å². The summed E-state index contributed by atoms with van der Waals surface area (Å²) in [6.45, 7) is 4.02. The number of anilines is 1. The lowest BCUT2D eigenvalue weighted by Gasteiger charge is -2.37. The second-order valence-corrected chi connectivity index (χ2v) is 5.65. The Morgan fingerprint density at radius 1 is 1.32 bits per heavy atom. The van der Waals surface area contributed by atoms with Crippen molar-refractivity contribution in [2.24, 2.45) is 5.92 Å². The molecular weight excluding hydrogens is 242 g/mol. The summed E-state index contributed by atoms with van der Waals surface area (Å²) in [5, 5.41) is 2.82. The molecule has 1 saturated heterocycles.